The Morgan fingerprint density at radius 3 is 2.63 bits per heavy atom. The molecule has 35 heavy (non-hydrogen) atoms. The summed E-state index contributed by atoms with van der Waals surface area (Å²) in [4.78, 5) is 21.5. The van der Waals surface area contributed by atoms with Gasteiger partial charge in [-0.15, -0.1) is 0 Å². The molecule has 0 aliphatic carbocycles. The van der Waals surface area contributed by atoms with Crippen LogP contribution in [-0.2, 0) is 6.54 Å². The minimum Gasteiger partial charge on any atom is -0.497 e. The maximum absolute atomic E-state index is 14.0. The van der Waals surface area contributed by atoms with Gasteiger partial charge in [0.2, 0.25) is 0 Å². The molecular weight excluding hydrogens is 434 g/mol. The summed E-state index contributed by atoms with van der Waals surface area (Å²) in [5.41, 5.74) is 6.05. The molecule has 0 unspecified atom stereocenters. The molecule has 0 bridgehead atoms. The van der Waals surface area contributed by atoms with Crippen molar-refractivity contribution in [1.29, 1.82) is 0 Å². The lowest BCUT2D eigenvalue weighted by Gasteiger charge is -2.27. The predicted octanol–water partition coefficient (Wildman–Crippen LogP) is 5.70. The first kappa shape index (κ1) is 23.1. The summed E-state index contributed by atoms with van der Waals surface area (Å²) >= 11 is 0. The highest BCUT2D eigenvalue weighted by Gasteiger charge is 2.18. The van der Waals surface area contributed by atoms with Gasteiger partial charge in [-0.2, -0.15) is 0 Å². The van der Waals surface area contributed by atoms with Gasteiger partial charge >= 0.3 is 0 Å². The lowest BCUT2D eigenvalue weighted by molar-refractivity contribution is 0.300. The molecular formula is C30H31N3O2. The number of benzene rings is 3. The van der Waals surface area contributed by atoms with E-state index in [-0.39, 0.29) is 5.56 Å². The second kappa shape index (κ2) is 9.88. The molecule has 1 aliphatic heterocycles. The molecule has 5 heteroatoms. The first-order valence-corrected chi connectivity index (χ1v) is 12.2. The van der Waals surface area contributed by atoms with E-state index in [0.29, 0.717) is 17.4 Å². The third kappa shape index (κ3) is 4.64. The Labute approximate surface area is 206 Å². The second-order valence-corrected chi connectivity index (χ2v) is 9.13. The Morgan fingerprint density at radius 1 is 1.00 bits per heavy atom. The molecule has 3 aromatic carbocycles. The first-order valence-electron chi connectivity index (χ1n) is 12.2. The number of fused-ring (bicyclic) bond motifs is 1. The molecule has 1 aliphatic rings. The van der Waals surface area contributed by atoms with Gasteiger partial charge in [-0.1, -0.05) is 55.5 Å². The normalized spacial score (nSPS) is 14.2. The summed E-state index contributed by atoms with van der Waals surface area (Å²) in [5, 5.41) is 0.631. The number of aromatic nitrogens is 2. The van der Waals surface area contributed by atoms with Gasteiger partial charge in [-0.3, -0.25) is 14.3 Å². The molecule has 0 atom stereocenters. The SMILES string of the molecule is CCN1CCC=C(Cn2c(-c3ccccc3C)nc3ccc(-c4cccc(OC)c4)cc3c2=O)C1. The number of hydrogen-bond acceptors (Lipinski definition) is 4. The summed E-state index contributed by atoms with van der Waals surface area (Å²) in [6, 6.07) is 22.0. The van der Waals surface area contributed by atoms with Crippen molar-refractivity contribution in [2.24, 2.45) is 0 Å². The van der Waals surface area contributed by atoms with Crippen molar-refractivity contribution in [2.45, 2.75) is 26.8 Å². The van der Waals surface area contributed by atoms with Crippen LogP contribution in [0.2, 0.25) is 0 Å². The minimum atomic E-state index is -0.00692. The Morgan fingerprint density at radius 2 is 1.83 bits per heavy atom. The van der Waals surface area contributed by atoms with Gasteiger partial charge in [0.05, 0.1) is 18.0 Å². The zero-order valence-electron chi connectivity index (χ0n) is 20.6. The predicted molar refractivity (Wildman–Crippen MR) is 143 cm³/mol. The fourth-order valence-electron chi connectivity index (χ4n) is 4.85. The minimum absolute atomic E-state index is 0.00692. The van der Waals surface area contributed by atoms with Crippen molar-refractivity contribution >= 4 is 10.9 Å². The molecule has 5 nitrogen and oxygen atoms in total. The van der Waals surface area contributed by atoms with Crippen LogP contribution in [0.5, 0.6) is 5.75 Å². The van der Waals surface area contributed by atoms with Crippen LogP contribution in [0.15, 0.2) is 83.2 Å². The first-order chi connectivity index (χ1) is 17.1. The summed E-state index contributed by atoms with van der Waals surface area (Å²) in [5.74, 6) is 1.52. The molecule has 0 N–H and O–H groups in total. The van der Waals surface area contributed by atoms with Gasteiger partial charge < -0.3 is 4.74 Å². The maximum atomic E-state index is 14.0. The third-order valence-corrected chi connectivity index (χ3v) is 6.86. The van der Waals surface area contributed by atoms with E-state index in [1.54, 1.807) is 7.11 Å². The standard InChI is InChI=1S/C30H31N3O2/c1-4-32-16-8-10-22(19-32)20-33-29(26-13-6-5-9-21(26)2)31-28-15-14-24(18-27(28)30(33)34)23-11-7-12-25(17-23)35-3/h5-7,9-15,17-18H,4,8,16,19-20H2,1-3H3. The van der Waals surface area contributed by atoms with Crippen LogP contribution in [-0.4, -0.2) is 41.2 Å². The van der Waals surface area contributed by atoms with Gasteiger partial charge in [0.1, 0.15) is 11.6 Å². The number of hydrogen-bond donors (Lipinski definition) is 0. The van der Waals surface area contributed by atoms with Crippen molar-refractivity contribution in [2.75, 3.05) is 26.7 Å². The second-order valence-electron chi connectivity index (χ2n) is 9.13. The third-order valence-electron chi connectivity index (χ3n) is 6.86. The van der Waals surface area contributed by atoms with Crippen molar-refractivity contribution in [3.05, 3.63) is 94.3 Å². The fraction of sp³-hybridized carbons (Fsp3) is 0.267. The van der Waals surface area contributed by atoms with Gasteiger partial charge in [0.15, 0.2) is 0 Å². The van der Waals surface area contributed by atoms with E-state index >= 15 is 0 Å². The van der Waals surface area contributed by atoms with Crippen LogP contribution < -0.4 is 10.3 Å². The topological polar surface area (TPSA) is 47.4 Å². The highest BCUT2D eigenvalue weighted by Crippen LogP contribution is 2.28. The summed E-state index contributed by atoms with van der Waals surface area (Å²) in [7, 11) is 1.66. The number of nitrogens with zero attached hydrogens (tertiary/aromatic N) is 3. The largest absolute Gasteiger partial charge is 0.497 e. The molecule has 0 radical (unpaired) electrons. The zero-order valence-corrected chi connectivity index (χ0v) is 20.6. The summed E-state index contributed by atoms with van der Waals surface area (Å²) in [6.45, 7) is 7.77. The monoisotopic (exact) mass is 465 g/mol. The van der Waals surface area contributed by atoms with Crippen LogP contribution in [0.1, 0.15) is 18.9 Å². The number of ether oxygens (including phenoxy) is 1. The van der Waals surface area contributed by atoms with E-state index in [1.807, 2.05) is 59.2 Å². The van der Waals surface area contributed by atoms with E-state index in [1.165, 1.54) is 5.57 Å². The number of rotatable bonds is 6. The Hall–Kier alpha value is -3.70. The molecule has 0 saturated carbocycles. The Bertz CT molecular complexity index is 1470. The number of methoxy groups -OCH3 is 1. The van der Waals surface area contributed by atoms with Gasteiger partial charge in [0.25, 0.3) is 5.56 Å². The molecule has 4 aromatic rings. The van der Waals surface area contributed by atoms with Gasteiger partial charge in [-0.05, 0) is 66.4 Å². The zero-order chi connectivity index (χ0) is 24.4. The maximum Gasteiger partial charge on any atom is 0.261 e. The van der Waals surface area contributed by atoms with Crippen LogP contribution in [0, 0.1) is 6.92 Å². The average molecular weight is 466 g/mol. The molecule has 5 rings (SSSR count). The molecule has 1 aromatic heterocycles. The molecule has 178 valence electrons. The highest BCUT2D eigenvalue weighted by molar-refractivity contribution is 5.85. The molecule has 0 saturated heterocycles. The van der Waals surface area contributed by atoms with Gasteiger partial charge in [-0.25, -0.2) is 4.98 Å². The van der Waals surface area contributed by atoms with E-state index in [2.05, 4.69) is 37.0 Å². The lowest BCUT2D eigenvalue weighted by Crippen LogP contribution is -2.33. The van der Waals surface area contributed by atoms with Crippen molar-refractivity contribution < 1.29 is 4.74 Å². The van der Waals surface area contributed by atoms with Crippen LogP contribution in [0.4, 0.5) is 0 Å². The molecule has 0 spiro atoms. The van der Waals surface area contributed by atoms with Crippen molar-refractivity contribution in [3.8, 4) is 28.3 Å². The fourth-order valence-corrected chi connectivity index (χ4v) is 4.85. The van der Waals surface area contributed by atoms with Crippen molar-refractivity contribution in [3.63, 3.8) is 0 Å². The molecule has 0 fully saturated rings. The lowest BCUT2D eigenvalue weighted by atomic mass is 10.0. The Balaban J connectivity index is 1.68. The smallest absolute Gasteiger partial charge is 0.261 e. The summed E-state index contributed by atoms with van der Waals surface area (Å²) in [6.07, 6.45) is 3.30. The summed E-state index contributed by atoms with van der Waals surface area (Å²) < 4.78 is 7.26. The van der Waals surface area contributed by atoms with Crippen LogP contribution in [0.3, 0.4) is 0 Å². The quantitative estimate of drug-likeness (QED) is 0.343. The molecule has 0 amide bonds. The van der Waals surface area contributed by atoms with E-state index in [0.717, 1.165) is 59.9 Å². The molecule has 2 heterocycles. The van der Waals surface area contributed by atoms with E-state index in [9.17, 15) is 4.79 Å². The van der Waals surface area contributed by atoms with Crippen molar-refractivity contribution in [1.82, 2.24) is 14.5 Å². The number of likely N-dealkylation sites (N-methyl/N-ethyl adjacent to an activating group) is 1. The van der Waals surface area contributed by atoms with Crippen LogP contribution in [0.25, 0.3) is 33.4 Å². The average Bonchev–Trinajstić information content (AvgIpc) is 2.90. The van der Waals surface area contributed by atoms with E-state index in [4.69, 9.17) is 9.72 Å². The van der Waals surface area contributed by atoms with Gasteiger partial charge in [0, 0.05) is 25.2 Å². The highest BCUT2D eigenvalue weighted by atomic mass is 16.5. The van der Waals surface area contributed by atoms with Crippen LogP contribution >= 0.6 is 0 Å². The Kier molecular flexibility index (Phi) is 6.51. The number of aryl methyl sites for hydroxylation is 1. The van der Waals surface area contributed by atoms with E-state index < -0.39 is 0 Å².